The van der Waals surface area contributed by atoms with Gasteiger partial charge in [-0.05, 0) is 129 Å². The summed E-state index contributed by atoms with van der Waals surface area (Å²) in [7, 11) is -2.15. The molecule has 1 aliphatic heterocycles. The van der Waals surface area contributed by atoms with Gasteiger partial charge in [-0.15, -0.1) is 11.8 Å². The number of carbonyl (C=O) groups excluding carboxylic acids is 2. The quantitative estimate of drug-likeness (QED) is 0.0369. The minimum Gasteiger partial charge on any atom is -0.381 e. The molecule has 5 aromatic carbocycles. The third-order valence-corrected chi connectivity index (χ3v) is 13.4. The number of hydrogen-bond donors (Lipinski definition) is 4. The second-order valence-corrected chi connectivity index (χ2v) is 18.3. The number of thioether (sulfide) groups is 1. The molecule has 0 spiro atoms. The van der Waals surface area contributed by atoms with Gasteiger partial charge in [-0.1, -0.05) is 66.2 Å². The van der Waals surface area contributed by atoms with E-state index in [4.69, 9.17) is 16.8 Å². The summed E-state index contributed by atoms with van der Waals surface area (Å²) < 4.78 is 29.2. The van der Waals surface area contributed by atoms with Gasteiger partial charge < -0.3 is 15.1 Å². The van der Waals surface area contributed by atoms with E-state index in [0.29, 0.717) is 13.0 Å². The number of nitrogens with one attached hydrogen (secondary N) is 3. The number of piperazine rings is 1. The molecule has 0 unspecified atom stereocenters. The van der Waals surface area contributed by atoms with Crippen molar-refractivity contribution in [3.05, 3.63) is 143 Å². The molecule has 4 N–H and O–H groups in total. The Balaban J connectivity index is 1.02. The third-order valence-electron chi connectivity index (χ3n) is 10.7. The summed E-state index contributed by atoms with van der Waals surface area (Å²) in [6.07, 6.45) is 1.67. The molecular weight excluding hydrogens is 816 g/mol. The number of aryl methyl sites for hydroxylation is 1. The smallest absolute Gasteiger partial charge is 0.264 e. The van der Waals surface area contributed by atoms with Crippen LogP contribution in [0.3, 0.4) is 0 Å². The Labute approximate surface area is 363 Å². The number of rotatable bonds is 19. The van der Waals surface area contributed by atoms with Gasteiger partial charge in [0.25, 0.3) is 15.9 Å². The van der Waals surface area contributed by atoms with Crippen LogP contribution in [0.25, 0.3) is 11.1 Å². The third kappa shape index (κ3) is 12.8. The van der Waals surface area contributed by atoms with E-state index in [9.17, 15) is 18.0 Å². The maximum absolute atomic E-state index is 13.5. The van der Waals surface area contributed by atoms with Crippen LogP contribution in [0.5, 0.6) is 0 Å². The van der Waals surface area contributed by atoms with Gasteiger partial charge in [0.15, 0.2) is 0 Å². The van der Waals surface area contributed by atoms with E-state index in [1.165, 1.54) is 17.2 Å². The lowest BCUT2D eigenvalue weighted by Crippen LogP contribution is -2.46. The first-order valence-electron chi connectivity index (χ1n) is 20.1. The van der Waals surface area contributed by atoms with Crippen LogP contribution >= 0.6 is 23.4 Å². The number of anilines is 2. The molecule has 1 heterocycles. The first-order valence-corrected chi connectivity index (χ1v) is 23.0. The largest absolute Gasteiger partial charge is 0.381 e. The van der Waals surface area contributed by atoms with Crippen LogP contribution in [-0.4, -0.2) is 93.4 Å². The predicted molar refractivity (Wildman–Crippen MR) is 243 cm³/mol. The van der Waals surface area contributed by atoms with Gasteiger partial charge >= 0.3 is 0 Å². The highest BCUT2D eigenvalue weighted by Crippen LogP contribution is 2.28. The van der Waals surface area contributed by atoms with Gasteiger partial charge in [-0.25, -0.2) is 18.6 Å². The summed E-state index contributed by atoms with van der Waals surface area (Å²) in [6, 6.07) is 38.5. The highest BCUT2D eigenvalue weighted by Gasteiger charge is 2.22. The first kappa shape index (κ1) is 44.7. The van der Waals surface area contributed by atoms with Crippen molar-refractivity contribution < 1.29 is 23.2 Å². The first-order chi connectivity index (χ1) is 29.0. The number of nitrogens with zero attached hydrogens (tertiary/aromatic N) is 3. The van der Waals surface area contributed by atoms with E-state index in [-0.39, 0.29) is 22.9 Å². The number of sulfonamides is 1. The zero-order valence-electron chi connectivity index (χ0n) is 34.0. The second-order valence-electron chi connectivity index (χ2n) is 15.1. The Morgan fingerprint density at radius 3 is 2.27 bits per heavy atom. The average molecular weight is 870 g/mol. The van der Waals surface area contributed by atoms with Crippen LogP contribution in [0.15, 0.2) is 131 Å². The molecule has 5 aromatic rings. The molecule has 2 amide bonds. The van der Waals surface area contributed by atoms with E-state index in [1.807, 2.05) is 56.4 Å². The zero-order chi connectivity index (χ0) is 42.5. The fourth-order valence-corrected chi connectivity index (χ4v) is 9.37. The molecule has 316 valence electrons. The molecule has 0 aliphatic carbocycles. The Morgan fingerprint density at radius 1 is 0.867 bits per heavy atom. The Hall–Kier alpha value is -4.89. The van der Waals surface area contributed by atoms with Crippen molar-refractivity contribution in [2.75, 3.05) is 62.3 Å². The van der Waals surface area contributed by atoms with E-state index >= 15 is 0 Å². The number of halogens is 1. The summed E-state index contributed by atoms with van der Waals surface area (Å²) in [5.41, 5.74) is 8.06. The van der Waals surface area contributed by atoms with Gasteiger partial charge in [0.2, 0.25) is 5.91 Å². The molecule has 1 saturated heterocycles. The average Bonchev–Trinajstić information content (AvgIpc) is 3.26. The second kappa shape index (κ2) is 21.6. The summed E-state index contributed by atoms with van der Waals surface area (Å²) in [5.74, 6) is -0.316. The zero-order valence-corrected chi connectivity index (χ0v) is 36.4. The summed E-state index contributed by atoms with van der Waals surface area (Å²) in [6.45, 7) is 7.56. The van der Waals surface area contributed by atoms with E-state index in [2.05, 4.69) is 73.3 Å². The molecule has 11 nitrogen and oxygen atoms in total. The molecule has 14 heteroatoms. The van der Waals surface area contributed by atoms with Crippen molar-refractivity contribution in [2.45, 2.75) is 48.6 Å². The minimum absolute atomic E-state index is 0.00559. The fraction of sp³-hybridized carbons (Fsp3) is 0.304. The lowest BCUT2D eigenvalue weighted by Gasteiger charge is -2.36. The molecule has 0 saturated carbocycles. The number of hydrogen-bond acceptors (Lipinski definition) is 10. The molecule has 6 rings (SSSR count). The molecule has 60 heavy (non-hydrogen) atoms. The van der Waals surface area contributed by atoms with Crippen molar-refractivity contribution in [3.8, 4) is 11.1 Å². The van der Waals surface area contributed by atoms with Crippen LogP contribution in [0.1, 0.15) is 40.7 Å². The van der Waals surface area contributed by atoms with Crippen LogP contribution in [0.4, 0.5) is 11.4 Å². The Morgan fingerprint density at radius 2 is 1.57 bits per heavy atom. The molecule has 0 aromatic heterocycles. The highest BCUT2D eigenvalue weighted by atomic mass is 35.5. The van der Waals surface area contributed by atoms with Crippen molar-refractivity contribution >= 4 is 56.6 Å². The van der Waals surface area contributed by atoms with Crippen molar-refractivity contribution in [3.63, 3.8) is 0 Å². The monoisotopic (exact) mass is 868 g/mol. The van der Waals surface area contributed by atoms with Crippen LogP contribution in [0.2, 0.25) is 5.02 Å². The molecule has 1 aliphatic rings. The highest BCUT2D eigenvalue weighted by molar-refractivity contribution is 7.99. The normalized spacial score (nSPS) is 13.8. The van der Waals surface area contributed by atoms with Crippen LogP contribution < -0.4 is 20.4 Å². The van der Waals surface area contributed by atoms with Crippen LogP contribution in [-0.2, 0) is 21.4 Å². The molecular formula is C46H53ClN6O5S2. The van der Waals surface area contributed by atoms with Gasteiger partial charge in [-0.3, -0.25) is 19.7 Å². The summed E-state index contributed by atoms with van der Waals surface area (Å²) in [4.78, 5) is 32.7. The van der Waals surface area contributed by atoms with Crippen molar-refractivity contribution in [2.24, 2.45) is 0 Å². The number of hydroxylamine groups is 1. The summed E-state index contributed by atoms with van der Waals surface area (Å²) >= 11 is 7.87. The van der Waals surface area contributed by atoms with E-state index in [1.54, 1.807) is 41.5 Å². The maximum Gasteiger partial charge on any atom is 0.264 e. The minimum atomic E-state index is -4.15. The van der Waals surface area contributed by atoms with Gasteiger partial charge in [-0.2, -0.15) is 0 Å². The number of carbonyl (C=O) groups is 2. The molecule has 0 bridgehead atoms. The van der Waals surface area contributed by atoms with E-state index < -0.39 is 21.8 Å². The lowest BCUT2D eigenvalue weighted by atomic mass is 9.99. The number of amides is 2. The van der Waals surface area contributed by atoms with Gasteiger partial charge in [0.05, 0.1) is 4.90 Å². The fourth-order valence-electron chi connectivity index (χ4n) is 7.19. The molecule has 1 fully saturated rings. The number of benzene rings is 5. The maximum atomic E-state index is 13.5. The molecule has 0 radical (unpaired) electrons. The Bertz CT molecular complexity index is 2290. The van der Waals surface area contributed by atoms with Crippen molar-refractivity contribution in [1.29, 1.82) is 0 Å². The van der Waals surface area contributed by atoms with Crippen molar-refractivity contribution in [1.82, 2.24) is 20.0 Å². The predicted octanol–water partition coefficient (Wildman–Crippen LogP) is 7.94. The SMILES string of the molecule is Cc1cc(S(=O)(=O)NC(=O)c2ccc(N3CCN(Cc4ccccc4-c4ccc(Cl)cc4)CC3)cc2)ccc1N[C@H](CCN(C)CCCC(=O)NO)CSc1ccccc1. The van der Waals surface area contributed by atoms with Crippen LogP contribution in [0, 0.1) is 6.92 Å². The van der Waals surface area contributed by atoms with Gasteiger partial charge in [0, 0.05) is 77.8 Å². The summed E-state index contributed by atoms with van der Waals surface area (Å²) in [5, 5.41) is 13.1. The Kier molecular flexibility index (Phi) is 16.1. The van der Waals surface area contributed by atoms with Gasteiger partial charge in [0.1, 0.15) is 0 Å². The van der Waals surface area contributed by atoms with E-state index in [0.717, 1.165) is 83.9 Å². The molecule has 1 atom stereocenters. The topological polar surface area (TPSA) is 134 Å². The lowest BCUT2D eigenvalue weighted by molar-refractivity contribution is -0.129. The standard InChI is InChI=1S/C46H53ClN6O5S2/c1-34-31-42(22-23-44(34)48-39(33-59-41-10-4-3-5-11-41)24-26-51(2)25-8-13-45(54)49-56)60(57,58)50-46(55)36-16-20-40(21-17-36)53-29-27-52(28-30-53)32-37-9-6-7-12-43(37)35-14-18-38(47)19-15-35/h3-7,9-12,14-23,31,39,48,56H,8,13,24-30,32-33H2,1-2H3,(H,49,54)(H,50,55)/t39-/m1/s1.